The van der Waals surface area contributed by atoms with Crippen molar-refractivity contribution in [3.63, 3.8) is 0 Å². The van der Waals surface area contributed by atoms with Crippen molar-refractivity contribution < 1.29 is 18.7 Å². The maximum atomic E-state index is 13.3. The second kappa shape index (κ2) is 6.45. The largest absolute Gasteiger partial charge is 0.465 e. The summed E-state index contributed by atoms with van der Waals surface area (Å²) in [5, 5.41) is 8.78. The van der Waals surface area contributed by atoms with Crippen LogP contribution in [0.4, 0.5) is 4.39 Å². The third-order valence-electron chi connectivity index (χ3n) is 2.19. The van der Waals surface area contributed by atoms with E-state index < -0.39 is 29.9 Å². The lowest BCUT2D eigenvalue weighted by atomic mass is 10.00. The number of aromatic nitrogens is 1. The minimum absolute atomic E-state index is 0.120. The molecule has 1 atom stereocenters. The molecule has 0 aliphatic rings. The lowest BCUT2D eigenvalue weighted by Gasteiger charge is -2.07. The molecule has 0 N–H and O–H groups in total. The van der Waals surface area contributed by atoms with Gasteiger partial charge >= 0.3 is 5.97 Å². The van der Waals surface area contributed by atoms with Gasteiger partial charge in [-0.1, -0.05) is 0 Å². The molecule has 1 aromatic rings. The van der Waals surface area contributed by atoms with Crippen molar-refractivity contribution >= 4 is 11.8 Å². The van der Waals surface area contributed by atoms with Crippen LogP contribution in [-0.4, -0.2) is 23.3 Å². The first-order valence-electron chi connectivity index (χ1n) is 5.29. The van der Waals surface area contributed by atoms with Crippen LogP contribution in [-0.2, 0) is 9.53 Å². The van der Waals surface area contributed by atoms with Crippen molar-refractivity contribution in [2.45, 2.75) is 13.3 Å². The molecule has 1 aromatic heterocycles. The first-order valence-corrected chi connectivity index (χ1v) is 5.29. The topological polar surface area (TPSA) is 80.0 Å². The predicted octanol–water partition coefficient (Wildman–Crippen LogP) is 1.50. The van der Waals surface area contributed by atoms with Gasteiger partial charge in [-0.15, -0.1) is 0 Å². The number of pyridine rings is 1. The van der Waals surface area contributed by atoms with Crippen LogP contribution in [0.2, 0.25) is 0 Å². The second-order valence-electron chi connectivity index (χ2n) is 3.42. The van der Waals surface area contributed by atoms with Crippen molar-refractivity contribution in [2.75, 3.05) is 6.61 Å². The van der Waals surface area contributed by atoms with E-state index in [0.717, 1.165) is 6.20 Å². The summed E-state index contributed by atoms with van der Waals surface area (Å²) in [6.45, 7) is 1.71. The maximum absolute atomic E-state index is 13.3. The molecule has 0 aliphatic heterocycles. The molecular weight excluding hydrogens is 239 g/mol. The number of ketones is 1. The number of ether oxygens (including phenoxy) is 1. The Morgan fingerprint density at radius 3 is 2.89 bits per heavy atom. The van der Waals surface area contributed by atoms with Gasteiger partial charge in [0.05, 0.1) is 24.4 Å². The number of nitriles is 1. The number of Topliss-reactive ketones (excluding diaryl/α,β-unsaturated/α-hetero) is 1. The Hall–Kier alpha value is -2.29. The molecule has 0 spiro atoms. The SMILES string of the molecule is CCOC(=O)C(C#N)CC(=O)c1ccncc1F. The smallest absolute Gasteiger partial charge is 0.323 e. The monoisotopic (exact) mass is 250 g/mol. The minimum Gasteiger partial charge on any atom is -0.465 e. The number of esters is 1. The number of carbonyl (C=O) groups is 2. The Balaban J connectivity index is 2.78. The Labute approximate surface area is 103 Å². The molecule has 0 aromatic carbocycles. The molecule has 0 aliphatic carbocycles. The van der Waals surface area contributed by atoms with Gasteiger partial charge in [-0.3, -0.25) is 14.6 Å². The summed E-state index contributed by atoms with van der Waals surface area (Å²) in [6, 6.07) is 2.88. The van der Waals surface area contributed by atoms with E-state index >= 15 is 0 Å². The van der Waals surface area contributed by atoms with Crippen LogP contribution < -0.4 is 0 Å². The van der Waals surface area contributed by atoms with Crippen molar-refractivity contribution in [3.8, 4) is 6.07 Å². The molecule has 18 heavy (non-hydrogen) atoms. The van der Waals surface area contributed by atoms with Crippen LogP contribution in [0.15, 0.2) is 18.5 Å². The third-order valence-corrected chi connectivity index (χ3v) is 2.19. The van der Waals surface area contributed by atoms with Crippen molar-refractivity contribution in [2.24, 2.45) is 5.92 Å². The van der Waals surface area contributed by atoms with E-state index in [2.05, 4.69) is 9.72 Å². The highest BCUT2D eigenvalue weighted by atomic mass is 19.1. The van der Waals surface area contributed by atoms with Gasteiger partial charge < -0.3 is 4.74 Å². The molecule has 0 saturated heterocycles. The number of halogens is 1. The fraction of sp³-hybridized carbons (Fsp3) is 0.333. The van der Waals surface area contributed by atoms with Crippen LogP contribution in [0.25, 0.3) is 0 Å². The van der Waals surface area contributed by atoms with E-state index in [1.54, 1.807) is 13.0 Å². The van der Waals surface area contributed by atoms with E-state index in [-0.39, 0.29) is 12.2 Å². The van der Waals surface area contributed by atoms with Crippen LogP contribution in [0.3, 0.4) is 0 Å². The Bertz CT molecular complexity index is 496. The van der Waals surface area contributed by atoms with Crippen molar-refractivity contribution in [1.82, 2.24) is 4.98 Å². The van der Waals surface area contributed by atoms with Gasteiger partial charge in [0.2, 0.25) is 0 Å². The summed E-state index contributed by atoms with van der Waals surface area (Å²) in [5.74, 6) is -3.40. The van der Waals surface area contributed by atoms with Gasteiger partial charge in [0.15, 0.2) is 17.5 Å². The summed E-state index contributed by atoms with van der Waals surface area (Å²) in [5.41, 5.74) is -0.186. The quantitative estimate of drug-likeness (QED) is 0.584. The maximum Gasteiger partial charge on any atom is 0.323 e. The van der Waals surface area contributed by atoms with Crippen LogP contribution in [0.5, 0.6) is 0 Å². The molecule has 5 nitrogen and oxygen atoms in total. The molecule has 0 amide bonds. The molecule has 1 unspecified atom stereocenters. The normalized spacial score (nSPS) is 11.4. The molecule has 1 rings (SSSR count). The van der Waals surface area contributed by atoms with E-state index in [9.17, 15) is 14.0 Å². The van der Waals surface area contributed by atoms with E-state index in [1.165, 1.54) is 12.3 Å². The Morgan fingerprint density at radius 2 is 2.33 bits per heavy atom. The number of rotatable bonds is 5. The molecule has 0 saturated carbocycles. The number of hydrogen-bond donors (Lipinski definition) is 0. The van der Waals surface area contributed by atoms with Gasteiger partial charge in [-0.25, -0.2) is 4.39 Å². The zero-order valence-electron chi connectivity index (χ0n) is 9.72. The molecular formula is C12H11FN2O3. The van der Waals surface area contributed by atoms with Crippen LogP contribution in [0.1, 0.15) is 23.7 Å². The summed E-state index contributed by atoms with van der Waals surface area (Å²) >= 11 is 0. The number of carbonyl (C=O) groups excluding carboxylic acids is 2. The van der Waals surface area contributed by atoms with Crippen LogP contribution >= 0.6 is 0 Å². The summed E-state index contributed by atoms with van der Waals surface area (Å²) in [6.07, 6.45) is 1.76. The zero-order valence-corrected chi connectivity index (χ0v) is 9.72. The highest BCUT2D eigenvalue weighted by Crippen LogP contribution is 2.13. The first-order chi connectivity index (χ1) is 8.60. The number of hydrogen-bond acceptors (Lipinski definition) is 5. The summed E-state index contributed by atoms with van der Waals surface area (Å²) in [7, 11) is 0. The standard InChI is InChI=1S/C12H11FN2O3/c1-2-18-12(17)8(6-14)5-11(16)9-3-4-15-7-10(9)13/h3-4,7-8H,2,5H2,1H3. The van der Waals surface area contributed by atoms with E-state index in [1.807, 2.05) is 0 Å². The van der Waals surface area contributed by atoms with Crippen LogP contribution in [0, 0.1) is 23.1 Å². The van der Waals surface area contributed by atoms with Gasteiger partial charge in [-0.05, 0) is 13.0 Å². The van der Waals surface area contributed by atoms with Crippen molar-refractivity contribution in [3.05, 3.63) is 29.8 Å². The van der Waals surface area contributed by atoms with Gasteiger partial charge in [0, 0.05) is 12.6 Å². The molecule has 0 fully saturated rings. The molecule has 1 heterocycles. The van der Waals surface area contributed by atoms with Crippen molar-refractivity contribution in [1.29, 1.82) is 5.26 Å². The summed E-state index contributed by atoms with van der Waals surface area (Å²) in [4.78, 5) is 26.5. The summed E-state index contributed by atoms with van der Waals surface area (Å²) < 4.78 is 17.9. The fourth-order valence-corrected chi connectivity index (χ4v) is 1.32. The highest BCUT2D eigenvalue weighted by Gasteiger charge is 2.24. The predicted molar refractivity (Wildman–Crippen MR) is 58.9 cm³/mol. The Kier molecular flexibility index (Phi) is 4.93. The lowest BCUT2D eigenvalue weighted by molar-refractivity contribution is -0.145. The highest BCUT2D eigenvalue weighted by molar-refractivity contribution is 5.98. The lowest BCUT2D eigenvalue weighted by Crippen LogP contribution is -2.20. The van der Waals surface area contributed by atoms with E-state index in [0.29, 0.717) is 0 Å². The molecule has 6 heteroatoms. The Morgan fingerprint density at radius 1 is 1.61 bits per heavy atom. The van der Waals surface area contributed by atoms with Gasteiger partial charge in [0.25, 0.3) is 0 Å². The van der Waals surface area contributed by atoms with Gasteiger partial charge in [0.1, 0.15) is 0 Å². The average Bonchev–Trinajstić information content (AvgIpc) is 2.36. The molecule has 0 bridgehead atoms. The van der Waals surface area contributed by atoms with Gasteiger partial charge in [-0.2, -0.15) is 5.26 Å². The first kappa shape index (κ1) is 13.8. The number of nitrogens with zero attached hydrogens (tertiary/aromatic N) is 2. The zero-order chi connectivity index (χ0) is 13.5. The molecule has 0 radical (unpaired) electrons. The fourth-order valence-electron chi connectivity index (χ4n) is 1.32. The average molecular weight is 250 g/mol. The minimum atomic E-state index is -1.22. The third kappa shape index (κ3) is 3.35. The second-order valence-corrected chi connectivity index (χ2v) is 3.42. The molecule has 94 valence electrons. The van der Waals surface area contributed by atoms with E-state index in [4.69, 9.17) is 5.26 Å².